The summed E-state index contributed by atoms with van der Waals surface area (Å²) in [6.07, 6.45) is 2.79. The largest absolute Gasteiger partial charge is 0.480 e. The van der Waals surface area contributed by atoms with Crippen molar-refractivity contribution in [3.05, 3.63) is 35.4 Å². The molecule has 2 atom stereocenters. The summed E-state index contributed by atoms with van der Waals surface area (Å²) in [6.45, 7) is 4.03. The topological polar surface area (TPSA) is 87.7 Å². The maximum atomic E-state index is 12.5. The van der Waals surface area contributed by atoms with Crippen molar-refractivity contribution in [1.82, 2.24) is 10.6 Å². The van der Waals surface area contributed by atoms with E-state index >= 15 is 0 Å². The quantitative estimate of drug-likeness (QED) is 0.749. The second kappa shape index (κ2) is 7.54. The first-order chi connectivity index (χ1) is 12.0. The Morgan fingerprint density at radius 3 is 2.56 bits per heavy atom. The molecule has 2 heterocycles. The van der Waals surface area contributed by atoms with Crippen molar-refractivity contribution in [1.29, 1.82) is 0 Å². The van der Waals surface area contributed by atoms with Crippen molar-refractivity contribution in [2.45, 2.75) is 50.1 Å². The molecule has 1 aromatic rings. The SMILES string of the molecule is Cc1ccccc1C1(CNC(=O)[C@H]2CC[C@@H](C(=O)O)N2)CCOCC1. The summed E-state index contributed by atoms with van der Waals surface area (Å²) < 4.78 is 5.54. The number of rotatable bonds is 5. The van der Waals surface area contributed by atoms with Crippen LogP contribution in [0.2, 0.25) is 0 Å². The fourth-order valence-corrected chi connectivity index (χ4v) is 4.00. The number of carboxylic acid groups (broad SMARTS) is 1. The number of carboxylic acids is 1. The number of aliphatic carboxylic acids is 1. The first-order valence-corrected chi connectivity index (χ1v) is 8.92. The number of hydrogen-bond acceptors (Lipinski definition) is 4. The van der Waals surface area contributed by atoms with Crippen molar-refractivity contribution in [2.75, 3.05) is 19.8 Å². The number of benzene rings is 1. The van der Waals surface area contributed by atoms with Crippen molar-refractivity contribution in [3.63, 3.8) is 0 Å². The van der Waals surface area contributed by atoms with E-state index in [0.717, 1.165) is 12.8 Å². The molecule has 6 nitrogen and oxygen atoms in total. The third-order valence-corrected chi connectivity index (χ3v) is 5.53. The lowest BCUT2D eigenvalue weighted by Gasteiger charge is -2.39. The van der Waals surface area contributed by atoms with Gasteiger partial charge in [-0.25, -0.2) is 0 Å². The molecule has 2 aliphatic heterocycles. The van der Waals surface area contributed by atoms with E-state index in [1.165, 1.54) is 11.1 Å². The Labute approximate surface area is 147 Å². The minimum Gasteiger partial charge on any atom is -0.480 e. The highest BCUT2D eigenvalue weighted by atomic mass is 16.5. The highest BCUT2D eigenvalue weighted by Gasteiger charge is 2.38. The van der Waals surface area contributed by atoms with E-state index in [4.69, 9.17) is 9.84 Å². The van der Waals surface area contributed by atoms with E-state index < -0.39 is 18.1 Å². The maximum absolute atomic E-state index is 12.5. The molecule has 6 heteroatoms. The van der Waals surface area contributed by atoms with Gasteiger partial charge in [0.1, 0.15) is 6.04 Å². The van der Waals surface area contributed by atoms with Gasteiger partial charge in [-0.3, -0.25) is 14.9 Å². The summed E-state index contributed by atoms with van der Waals surface area (Å²) in [6, 6.07) is 7.26. The van der Waals surface area contributed by atoms with Gasteiger partial charge >= 0.3 is 5.97 Å². The minimum absolute atomic E-state index is 0.108. The minimum atomic E-state index is -0.892. The van der Waals surface area contributed by atoms with Crippen LogP contribution >= 0.6 is 0 Å². The first kappa shape index (κ1) is 17.9. The number of ether oxygens (including phenoxy) is 1. The Kier molecular flexibility index (Phi) is 5.39. The van der Waals surface area contributed by atoms with Crippen molar-refractivity contribution in [3.8, 4) is 0 Å². The summed E-state index contributed by atoms with van der Waals surface area (Å²) in [7, 11) is 0. The number of nitrogens with one attached hydrogen (secondary N) is 2. The van der Waals surface area contributed by atoms with Crippen LogP contribution in [0.25, 0.3) is 0 Å². The molecule has 0 bridgehead atoms. The first-order valence-electron chi connectivity index (χ1n) is 8.92. The van der Waals surface area contributed by atoms with Gasteiger partial charge in [-0.15, -0.1) is 0 Å². The summed E-state index contributed by atoms with van der Waals surface area (Å²) in [5.41, 5.74) is 2.37. The third kappa shape index (κ3) is 3.85. The Balaban J connectivity index is 1.69. The van der Waals surface area contributed by atoms with Gasteiger partial charge in [-0.2, -0.15) is 0 Å². The van der Waals surface area contributed by atoms with Crippen molar-refractivity contribution in [2.24, 2.45) is 0 Å². The highest BCUT2D eigenvalue weighted by molar-refractivity contribution is 5.84. The maximum Gasteiger partial charge on any atom is 0.320 e. The van der Waals surface area contributed by atoms with Gasteiger partial charge in [0.25, 0.3) is 0 Å². The number of amides is 1. The van der Waals surface area contributed by atoms with E-state index in [1.807, 2.05) is 12.1 Å². The van der Waals surface area contributed by atoms with Gasteiger partial charge in [0.15, 0.2) is 0 Å². The molecule has 3 N–H and O–H groups in total. The van der Waals surface area contributed by atoms with Gasteiger partial charge in [0.05, 0.1) is 6.04 Å². The van der Waals surface area contributed by atoms with Crippen LogP contribution in [0.1, 0.15) is 36.8 Å². The molecule has 0 unspecified atom stereocenters. The van der Waals surface area contributed by atoms with Crippen LogP contribution in [-0.4, -0.2) is 48.8 Å². The molecule has 0 spiro atoms. The van der Waals surface area contributed by atoms with Crippen molar-refractivity contribution < 1.29 is 19.4 Å². The van der Waals surface area contributed by atoms with Crippen molar-refractivity contribution >= 4 is 11.9 Å². The van der Waals surface area contributed by atoms with Gasteiger partial charge in [0.2, 0.25) is 5.91 Å². The predicted molar refractivity (Wildman–Crippen MR) is 93.5 cm³/mol. The molecule has 0 aromatic heterocycles. The predicted octanol–water partition coefficient (Wildman–Crippen LogP) is 1.36. The lowest BCUT2D eigenvalue weighted by atomic mass is 9.72. The van der Waals surface area contributed by atoms with Crippen LogP contribution in [-0.2, 0) is 19.7 Å². The van der Waals surface area contributed by atoms with E-state index in [9.17, 15) is 9.59 Å². The smallest absolute Gasteiger partial charge is 0.320 e. The normalized spacial score (nSPS) is 25.5. The van der Waals surface area contributed by atoms with Gasteiger partial charge in [-0.05, 0) is 43.7 Å². The Morgan fingerprint density at radius 1 is 1.24 bits per heavy atom. The number of hydrogen-bond donors (Lipinski definition) is 3. The molecule has 25 heavy (non-hydrogen) atoms. The molecule has 3 rings (SSSR count). The second-order valence-electron chi connectivity index (χ2n) is 7.11. The van der Waals surface area contributed by atoms with E-state index in [2.05, 4.69) is 29.7 Å². The zero-order valence-corrected chi connectivity index (χ0v) is 14.6. The number of aryl methyl sites for hydroxylation is 1. The zero-order valence-electron chi connectivity index (χ0n) is 14.6. The summed E-state index contributed by atoms with van der Waals surface area (Å²) in [5, 5.41) is 15.0. The van der Waals surface area contributed by atoms with E-state index in [1.54, 1.807) is 0 Å². The van der Waals surface area contributed by atoms with Crippen LogP contribution in [0.5, 0.6) is 0 Å². The molecule has 2 aliphatic rings. The average Bonchev–Trinajstić information content (AvgIpc) is 3.11. The summed E-state index contributed by atoms with van der Waals surface area (Å²) in [5.74, 6) is -1.00. The fraction of sp³-hybridized carbons (Fsp3) is 0.579. The van der Waals surface area contributed by atoms with Crippen LogP contribution in [0.4, 0.5) is 0 Å². The molecule has 0 saturated carbocycles. The molecule has 2 fully saturated rings. The van der Waals surface area contributed by atoms with Gasteiger partial charge in [0, 0.05) is 25.2 Å². The van der Waals surface area contributed by atoms with Gasteiger partial charge in [-0.1, -0.05) is 24.3 Å². The lowest BCUT2D eigenvalue weighted by Crippen LogP contribution is -2.50. The monoisotopic (exact) mass is 346 g/mol. The summed E-state index contributed by atoms with van der Waals surface area (Å²) in [4.78, 5) is 23.6. The number of carbonyl (C=O) groups excluding carboxylic acids is 1. The van der Waals surface area contributed by atoms with E-state index in [0.29, 0.717) is 32.6 Å². The molecular weight excluding hydrogens is 320 g/mol. The van der Waals surface area contributed by atoms with E-state index in [-0.39, 0.29) is 11.3 Å². The Hall–Kier alpha value is -1.92. The molecule has 0 aliphatic carbocycles. The van der Waals surface area contributed by atoms with Crippen LogP contribution in [0.3, 0.4) is 0 Å². The lowest BCUT2D eigenvalue weighted by molar-refractivity contribution is -0.139. The molecule has 1 amide bonds. The third-order valence-electron chi connectivity index (χ3n) is 5.53. The van der Waals surface area contributed by atoms with Crippen LogP contribution in [0, 0.1) is 6.92 Å². The number of carbonyl (C=O) groups is 2. The Bertz CT molecular complexity index is 640. The molecule has 0 radical (unpaired) electrons. The zero-order chi connectivity index (χ0) is 17.9. The molecular formula is C19H26N2O4. The average molecular weight is 346 g/mol. The van der Waals surface area contributed by atoms with Crippen LogP contribution < -0.4 is 10.6 Å². The van der Waals surface area contributed by atoms with Crippen LogP contribution in [0.15, 0.2) is 24.3 Å². The fourth-order valence-electron chi connectivity index (χ4n) is 4.00. The summed E-state index contributed by atoms with van der Waals surface area (Å²) >= 11 is 0. The van der Waals surface area contributed by atoms with Gasteiger partial charge < -0.3 is 15.2 Å². The molecule has 136 valence electrons. The Morgan fingerprint density at radius 2 is 1.92 bits per heavy atom. The second-order valence-corrected chi connectivity index (χ2v) is 7.11. The molecule has 2 saturated heterocycles. The molecule has 1 aromatic carbocycles. The highest BCUT2D eigenvalue weighted by Crippen LogP contribution is 2.36. The standard InChI is InChI=1S/C19H26N2O4/c1-13-4-2-3-5-14(13)19(8-10-25-11-9-19)12-20-17(22)15-6-7-16(21-15)18(23)24/h2-5,15-16,21H,6-12H2,1H3,(H,20,22)(H,23,24)/t15-,16+/m1/s1.